The summed E-state index contributed by atoms with van der Waals surface area (Å²) in [5.41, 5.74) is 0.420. The molecule has 0 unspecified atom stereocenters. The van der Waals surface area contributed by atoms with Gasteiger partial charge in [-0.25, -0.2) is 9.97 Å². The normalized spacial score (nSPS) is 14.7. The second-order valence-electron chi connectivity index (χ2n) is 5.03. The second kappa shape index (κ2) is 5.33. The number of amides is 1. The lowest BCUT2D eigenvalue weighted by molar-refractivity contribution is 0.0689. The van der Waals surface area contributed by atoms with Crippen LogP contribution in [-0.4, -0.2) is 40.4 Å². The number of hydrogen-bond acceptors (Lipinski definition) is 4. The molecule has 0 bridgehead atoms. The molecule has 98 valence electrons. The Kier molecular flexibility index (Phi) is 3.79. The van der Waals surface area contributed by atoms with Crippen LogP contribution in [0.4, 0.5) is 5.82 Å². The summed E-state index contributed by atoms with van der Waals surface area (Å²) in [6.45, 7) is 4.91. The highest BCUT2D eigenvalue weighted by Gasteiger charge is 2.29. The maximum Gasteiger partial charge on any atom is 0.274 e. The molecule has 1 amide bonds. The van der Waals surface area contributed by atoms with E-state index >= 15 is 0 Å². The van der Waals surface area contributed by atoms with Crippen LogP contribution in [-0.2, 0) is 0 Å². The fourth-order valence-corrected chi connectivity index (χ4v) is 1.82. The first kappa shape index (κ1) is 12.8. The van der Waals surface area contributed by atoms with E-state index in [1.165, 1.54) is 19.0 Å². The van der Waals surface area contributed by atoms with Crippen molar-refractivity contribution in [2.75, 3.05) is 18.9 Å². The Labute approximate surface area is 108 Å². The van der Waals surface area contributed by atoms with Crippen molar-refractivity contribution in [1.82, 2.24) is 14.9 Å². The summed E-state index contributed by atoms with van der Waals surface area (Å²) in [6, 6.07) is 0.198. The zero-order valence-corrected chi connectivity index (χ0v) is 11.2. The molecule has 0 atom stereocenters. The summed E-state index contributed by atoms with van der Waals surface area (Å²) in [6.07, 6.45) is 5.60. The van der Waals surface area contributed by atoms with Crippen LogP contribution in [0.15, 0.2) is 12.4 Å². The molecule has 18 heavy (non-hydrogen) atoms. The van der Waals surface area contributed by atoms with Gasteiger partial charge in [0.15, 0.2) is 0 Å². The topological polar surface area (TPSA) is 58.1 Å². The molecule has 1 heterocycles. The molecule has 2 rings (SSSR count). The molecule has 1 N–H and O–H groups in total. The Bertz CT molecular complexity index is 412. The molecule has 0 saturated heterocycles. The van der Waals surface area contributed by atoms with Crippen LogP contribution < -0.4 is 5.32 Å². The van der Waals surface area contributed by atoms with Gasteiger partial charge >= 0.3 is 0 Å². The van der Waals surface area contributed by atoms with Crippen molar-refractivity contribution in [2.24, 2.45) is 5.92 Å². The van der Waals surface area contributed by atoms with Crippen molar-refractivity contribution in [3.63, 3.8) is 0 Å². The zero-order chi connectivity index (χ0) is 13.1. The van der Waals surface area contributed by atoms with E-state index in [9.17, 15) is 4.79 Å². The molecule has 0 aliphatic heterocycles. The zero-order valence-electron chi connectivity index (χ0n) is 11.2. The highest BCUT2D eigenvalue weighted by atomic mass is 16.2. The van der Waals surface area contributed by atoms with Crippen molar-refractivity contribution in [3.8, 4) is 0 Å². The Morgan fingerprint density at radius 1 is 1.44 bits per heavy atom. The fourth-order valence-electron chi connectivity index (χ4n) is 1.82. The molecule has 5 heteroatoms. The van der Waals surface area contributed by atoms with Gasteiger partial charge < -0.3 is 10.2 Å². The van der Waals surface area contributed by atoms with Crippen LogP contribution in [0.2, 0.25) is 0 Å². The minimum Gasteiger partial charge on any atom is -0.372 e. The minimum absolute atomic E-state index is 0.0212. The first-order valence-electron chi connectivity index (χ1n) is 6.42. The largest absolute Gasteiger partial charge is 0.372 e. The maximum absolute atomic E-state index is 12.4. The number of nitrogens with one attached hydrogen (secondary N) is 1. The lowest BCUT2D eigenvalue weighted by atomic mass is 10.2. The van der Waals surface area contributed by atoms with Crippen LogP contribution in [0.5, 0.6) is 0 Å². The molecule has 1 saturated carbocycles. The smallest absolute Gasteiger partial charge is 0.274 e. The lowest BCUT2D eigenvalue weighted by Crippen LogP contribution is -2.39. The van der Waals surface area contributed by atoms with Crippen molar-refractivity contribution in [2.45, 2.75) is 32.7 Å². The van der Waals surface area contributed by atoms with E-state index in [0.29, 0.717) is 17.4 Å². The Morgan fingerprint density at radius 2 is 2.17 bits per heavy atom. The number of carbonyl (C=O) groups is 1. The van der Waals surface area contributed by atoms with Crippen molar-refractivity contribution in [3.05, 3.63) is 18.1 Å². The number of hydrogen-bond donors (Lipinski definition) is 1. The summed E-state index contributed by atoms with van der Waals surface area (Å²) in [4.78, 5) is 22.5. The molecular formula is C13H20N4O. The van der Waals surface area contributed by atoms with E-state index < -0.39 is 0 Å². The summed E-state index contributed by atoms with van der Waals surface area (Å²) in [5.74, 6) is 1.33. The SMILES string of the molecule is CNc1cnc(C(=O)N(CC2CC2)C(C)C)cn1. The van der Waals surface area contributed by atoms with Gasteiger partial charge in [0.1, 0.15) is 11.5 Å². The Hall–Kier alpha value is -1.65. The van der Waals surface area contributed by atoms with E-state index in [2.05, 4.69) is 15.3 Å². The van der Waals surface area contributed by atoms with Gasteiger partial charge in [-0.05, 0) is 32.6 Å². The van der Waals surface area contributed by atoms with E-state index in [1.807, 2.05) is 18.7 Å². The van der Waals surface area contributed by atoms with Crippen LogP contribution >= 0.6 is 0 Å². The van der Waals surface area contributed by atoms with Crippen LogP contribution in [0.25, 0.3) is 0 Å². The third kappa shape index (κ3) is 2.97. The van der Waals surface area contributed by atoms with Crippen LogP contribution in [0, 0.1) is 5.92 Å². The van der Waals surface area contributed by atoms with Gasteiger partial charge in [0.25, 0.3) is 5.91 Å². The first-order chi connectivity index (χ1) is 8.61. The minimum atomic E-state index is -0.0212. The summed E-state index contributed by atoms with van der Waals surface area (Å²) in [5, 5.41) is 2.89. The maximum atomic E-state index is 12.4. The third-order valence-corrected chi connectivity index (χ3v) is 3.16. The predicted molar refractivity (Wildman–Crippen MR) is 70.5 cm³/mol. The van der Waals surface area contributed by atoms with Crippen LogP contribution in [0.3, 0.4) is 0 Å². The Morgan fingerprint density at radius 3 is 2.61 bits per heavy atom. The molecule has 5 nitrogen and oxygen atoms in total. The molecule has 1 aliphatic carbocycles. The molecule has 1 aromatic heterocycles. The highest BCUT2D eigenvalue weighted by Crippen LogP contribution is 2.30. The van der Waals surface area contributed by atoms with E-state index in [1.54, 1.807) is 13.2 Å². The molecule has 1 aromatic rings. The number of anilines is 1. The lowest BCUT2D eigenvalue weighted by Gasteiger charge is -2.26. The quantitative estimate of drug-likeness (QED) is 0.863. The molecule has 0 radical (unpaired) electrons. The number of aromatic nitrogens is 2. The summed E-state index contributed by atoms with van der Waals surface area (Å²) in [7, 11) is 1.78. The van der Waals surface area contributed by atoms with Gasteiger partial charge in [0.05, 0.1) is 12.4 Å². The molecule has 1 fully saturated rings. The molecule has 1 aliphatic rings. The van der Waals surface area contributed by atoms with Crippen molar-refractivity contribution < 1.29 is 4.79 Å². The second-order valence-corrected chi connectivity index (χ2v) is 5.03. The highest BCUT2D eigenvalue weighted by molar-refractivity contribution is 5.92. The predicted octanol–water partition coefficient (Wildman–Crippen LogP) is 1.78. The van der Waals surface area contributed by atoms with Crippen LogP contribution in [0.1, 0.15) is 37.2 Å². The fraction of sp³-hybridized carbons (Fsp3) is 0.615. The van der Waals surface area contributed by atoms with Gasteiger partial charge in [0.2, 0.25) is 0 Å². The van der Waals surface area contributed by atoms with E-state index in [4.69, 9.17) is 0 Å². The van der Waals surface area contributed by atoms with Gasteiger partial charge in [0, 0.05) is 19.6 Å². The van der Waals surface area contributed by atoms with Gasteiger partial charge in [-0.15, -0.1) is 0 Å². The summed E-state index contributed by atoms with van der Waals surface area (Å²) < 4.78 is 0. The first-order valence-corrected chi connectivity index (χ1v) is 6.42. The molecular weight excluding hydrogens is 228 g/mol. The number of carbonyl (C=O) groups excluding carboxylic acids is 1. The van der Waals surface area contributed by atoms with Crippen molar-refractivity contribution in [1.29, 1.82) is 0 Å². The number of nitrogens with zero attached hydrogens (tertiary/aromatic N) is 3. The molecule has 0 spiro atoms. The van der Waals surface area contributed by atoms with Gasteiger partial charge in [-0.3, -0.25) is 4.79 Å². The average molecular weight is 248 g/mol. The average Bonchev–Trinajstić information content (AvgIpc) is 3.19. The van der Waals surface area contributed by atoms with Gasteiger partial charge in [-0.1, -0.05) is 0 Å². The molecule has 0 aromatic carbocycles. The number of rotatable bonds is 5. The third-order valence-electron chi connectivity index (χ3n) is 3.16. The van der Waals surface area contributed by atoms with Gasteiger partial charge in [-0.2, -0.15) is 0 Å². The van der Waals surface area contributed by atoms with E-state index in [-0.39, 0.29) is 11.9 Å². The monoisotopic (exact) mass is 248 g/mol. The summed E-state index contributed by atoms with van der Waals surface area (Å²) >= 11 is 0. The standard InChI is InChI=1S/C13H20N4O/c1-9(2)17(8-10-4-5-10)13(18)11-6-16-12(14-3)7-15-11/h6-7,9-10H,4-5,8H2,1-3H3,(H,14,16). The van der Waals surface area contributed by atoms with E-state index in [0.717, 1.165) is 6.54 Å². The van der Waals surface area contributed by atoms with Crippen molar-refractivity contribution >= 4 is 11.7 Å². The Balaban J connectivity index is 2.10.